The lowest BCUT2D eigenvalue weighted by Crippen LogP contribution is -2.25. The van der Waals surface area contributed by atoms with Crippen LogP contribution >= 0.6 is 0 Å². The lowest BCUT2D eigenvalue weighted by molar-refractivity contribution is 0.194. The highest BCUT2D eigenvalue weighted by Gasteiger charge is 2.32. The van der Waals surface area contributed by atoms with E-state index in [0.29, 0.717) is 18.7 Å². The third-order valence-corrected chi connectivity index (χ3v) is 3.61. The number of aliphatic hydroxyl groups excluding tert-OH is 1. The Hall–Kier alpha value is -2.38. The van der Waals surface area contributed by atoms with Crippen molar-refractivity contribution in [3.8, 4) is 6.07 Å². The molecule has 0 saturated carbocycles. The van der Waals surface area contributed by atoms with Crippen LogP contribution < -0.4 is 4.90 Å². The molecule has 0 bridgehead atoms. The van der Waals surface area contributed by atoms with E-state index in [0.717, 1.165) is 11.4 Å². The largest absolute Gasteiger partial charge is 0.391 e. The number of β-amino-alcohol motifs (C(OH)–C–C–N with tert-alkyl or cyclic N) is 1. The molecule has 1 aromatic carbocycles. The second-order valence-electron chi connectivity index (χ2n) is 4.96. The van der Waals surface area contributed by atoms with Gasteiger partial charge in [0.05, 0.1) is 12.1 Å². The monoisotopic (exact) mass is 265 g/mol. The molecule has 2 atom stereocenters. The van der Waals surface area contributed by atoms with Crippen LogP contribution in [0.25, 0.3) is 0 Å². The lowest BCUT2D eigenvalue weighted by atomic mass is 10.0. The van der Waals surface area contributed by atoms with E-state index in [9.17, 15) is 5.11 Å². The average molecular weight is 265 g/mol. The SMILES string of the molecule is N#Cc1cccc(N2C[C@H](O)C[C@H]2c2ccccc2)n1. The van der Waals surface area contributed by atoms with E-state index in [1.54, 1.807) is 6.07 Å². The standard InChI is InChI=1S/C16H15N3O/c17-10-13-7-4-8-16(18-13)19-11-14(20)9-15(19)12-5-2-1-3-6-12/h1-8,14-15,20H,9,11H2/t14-,15+/m1/s1. The van der Waals surface area contributed by atoms with Gasteiger partial charge >= 0.3 is 0 Å². The van der Waals surface area contributed by atoms with Crippen LogP contribution in [0.3, 0.4) is 0 Å². The number of hydrogen-bond acceptors (Lipinski definition) is 4. The van der Waals surface area contributed by atoms with Gasteiger partial charge in [-0.15, -0.1) is 0 Å². The third-order valence-electron chi connectivity index (χ3n) is 3.61. The molecular formula is C16H15N3O. The van der Waals surface area contributed by atoms with Crippen LogP contribution in [0, 0.1) is 11.3 Å². The summed E-state index contributed by atoms with van der Waals surface area (Å²) in [6.45, 7) is 0.543. The second kappa shape index (κ2) is 5.32. The number of nitrogens with zero attached hydrogens (tertiary/aromatic N) is 3. The number of pyridine rings is 1. The van der Waals surface area contributed by atoms with Gasteiger partial charge in [-0.25, -0.2) is 4.98 Å². The zero-order chi connectivity index (χ0) is 13.9. The van der Waals surface area contributed by atoms with E-state index in [4.69, 9.17) is 5.26 Å². The zero-order valence-corrected chi connectivity index (χ0v) is 11.0. The molecule has 2 aromatic rings. The molecular weight excluding hydrogens is 250 g/mol. The fourth-order valence-electron chi connectivity index (χ4n) is 2.70. The number of anilines is 1. The van der Waals surface area contributed by atoms with Crippen LogP contribution in [-0.2, 0) is 0 Å². The number of aromatic nitrogens is 1. The summed E-state index contributed by atoms with van der Waals surface area (Å²) < 4.78 is 0. The maximum atomic E-state index is 9.98. The van der Waals surface area contributed by atoms with Crippen molar-refractivity contribution in [2.24, 2.45) is 0 Å². The Bertz CT molecular complexity index is 636. The van der Waals surface area contributed by atoms with Crippen molar-refractivity contribution >= 4 is 5.82 Å². The molecule has 0 unspecified atom stereocenters. The fraction of sp³-hybridized carbons (Fsp3) is 0.250. The van der Waals surface area contributed by atoms with Gasteiger partial charge in [0.1, 0.15) is 17.6 Å². The van der Waals surface area contributed by atoms with Gasteiger partial charge in [-0.2, -0.15) is 5.26 Å². The normalized spacial score (nSPS) is 21.7. The molecule has 0 spiro atoms. The summed E-state index contributed by atoms with van der Waals surface area (Å²) in [4.78, 5) is 6.41. The molecule has 2 heterocycles. The molecule has 1 fully saturated rings. The van der Waals surface area contributed by atoms with Crippen LogP contribution in [-0.4, -0.2) is 22.7 Å². The van der Waals surface area contributed by atoms with Crippen LogP contribution in [0.5, 0.6) is 0 Å². The molecule has 20 heavy (non-hydrogen) atoms. The first-order chi connectivity index (χ1) is 9.78. The summed E-state index contributed by atoms with van der Waals surface area (Å²) in [6, 6.07) is 17.7. The van der Waals surface area contributed by atoms with E-state index >= 15 is 0 Å². The summed E-state index contributed by atoms with van der Waals surface area (Å²) in [6.07, 6.45) is 0.315. The van der Waals surface area contributed by atoms with Crippen LogP contribution in [0.2, 0.25) is 0 Å². The minimum atomic E-state index is -0.368. The number of nitriles is 1. The van der Waals surface area contributed by atoms with Crippen molar-refractivity contribution in [2.75, 3.05) is 11.4 Å². The highest BCUT2D eigenvalue weighted by Crippen LogP contribution is 2.35. The highest BCUT2D eigenvalue weighted by atomic mass is 16.3. The Morgan fingerprint density at radius 1 is 1.15 bits per heavy atom. The van der Waals surface area contributed by atoms with Crippen molar-refractivity contribution in [3.05, 3.63) is 59.8 Å². The van der Waals surface area contributed by atoms with Crippen LogP contribution in [0.1, 0.15) is 23.7 Å². The number of benzene rings is 1. The molecule has 4 heteroatoms. The van der Waals surface area contributed by atoms with E-state index in [1.165, 1.54) is 0 Å². The lowest BCUT2D eigenvalue weighted by Gasteiger charge is -2.25. The van der Waals surface area contributed by atoms with Gasteiger partial charge in [-0.3, -0.25) is 0 Å². The minimum absolute atomic E-state index is 0.104. The second-order valence-corrected chi connectivity index (χ2v) is 4.96. The average Bonchev–Trinajstić information content (AvgIpc) is 2.90. The molecule has 0 amide bonds. The van der Waals surface area contributed by atoms with Gasteiger partial charge in [0.2, 0.25) is 0 Å². The first-order valence-electron chi connectivity index (χ1n) is 6.65. The maximum Gasteiger partial charge on any atom is 0.142 e. The highest BCUT2D eigenvalue weighted by molar-refractivity contribution is 5.46. The Morgan fingerprint density at radius 2 is 1.95 bits per heavy atom. The predicted octanol–water partition coefficient (Wildman–Crippen LogP) is 2.27. The Kier molecular flexibility index (Phi) is 3.36. The molecule has 1 aliphatic rings. The van der Waals surface area contributed by atoms with E-state index < -0.39 is 0 Å². The van der Waals surface area contributed by atoms with E-state index in [1.807, 2.05) is 30.3 Å². The van der Waals surface area contributed by atoms with Gasteiger partial charge in [-0.05, 0) is 24.1 Å². The topological polar surface area (TPSA) is 60.2 Å². The number of hydrogen-bond donors (Lipinski definition) is 1. The van der Waals surface area contributed by atoms with Crippen LogP contribution in [0.15, 0.2) is 48.5 Å². The van der Waals surface area contributed by atoms with Gasteiger partial charge < -0.3 is 10.0 Å². The molecule has 1 N–H and O–H groups in total. The maximum absolute atomic E-state index is 9.98. The molecule has 1 saturated heterocycles. The molecule has 0 radical (unpaired) electrons. The van der Waals surface area contributed by atoms with Crippen molar-refractivity contribution < 1.29 is 5.11 Å². The van der Waals surface area contributed by atoms with Crippen molar-refractivity contribution in [3.63, 3.8) is 0 Å². The third kappa shape index (κ3) is 2.36. The predicted molar refractivity (Wildman–Crippen MR) is 76.1 cm³/mol. The summed E-state index contributed by atoms with van der Waals surface area (Å²) in [5.41, 5.74) is 1.56. The fourth-order valence-corrected chi connectivity index (χ4v) is 2.70. The summed E-state index contributed by atoms with van der Waals surface area (Å²) in [5.74, 6) is 0.745. The summed E-state index contributed by atoms with van der Waals surface area (Å²) in [5, 5.41) is 18.9. The van der Waals surface area contributed by atoms with Crippen molar-refractivity contribution in [1.82, 2.24) is 4.98 Å². The minimum Gasteiger partial charge on any atom is -0.391 e. The molecule has 0 aliphatic carbocycles. The van der Waals surface area contributed by atoms with Gasteiger partial charge in [-0.1, -0.05) is 36.4 Å². The molecule has 1 aliphatic heterocycles. The van der Waals surface area contributed by atoms with E-state index in [-0.39, 0.29) is 12.1 Å². The molecule has 4 nitrogen and oxygen atoms in total. The summed E-state index contributed by atoms with van der Waals surface area (Å²) in [7, 11) is 0. The zero-order valence-electron chi connectivity index (χ0n) is 11.0. The van der Waals surface area contributed by atoms with E-state index in [2.05, 4.69) is 28.1 Å². The Morgan fingerprint density at radius 3 is 2.70 bits per heavy atom. The summed E-state index contributed by atoms with van der Waals surface area (Å²) >= 11 is 0. The Labute approximate surface area is 117 Å². The quantitative estimate of drug-likeness (QED) is 0.904. The first kappa shape index (κ1) is 12.6. The van der Waals surface area contributed by atoms with Gasteiger partial charge in [0.25, 0.3) is 0 Å². The van der Waals surface area contributed by atoms with Crippen molar-refractivity contribution in [2.45, 2.75) is 18.6 Å². The molecule has 100 valence electrons. The first-order valence-corrected chi connectivity index (χ1v) is 6.65. The molecule has 1 aromatic heterocycles. The van der Waals surface area contributed by atoms with Crippen molar-refractivity contribution in [1.29, 1.82) is 5.26 Å². The Balaban J connectivity index is 1.96. The van der Waals surface area contributed by atoms with Crippen LogP contribution in [0.4, 0.5) is 5.82 Å². The number of rotatable bonds is 2. The number of aliphatic hydroxyl groups is 1. The molecule has 3 rings (SSSR count). The smallest absolute Gasteiger partial charge is 0.142 e. The van der Waals surface area contributed by atoms with Gasteiger partial charge in [0, 0.05) is 6.54 Å². The van der Waals surface area contributed by atoms with Gasteiger partial charge in [0.15, 0.2) is 0 Å².